The third-order valence-electron chi connectivity index (χ3n) is 2.53. The van der Waals surface area contributed by atoms with Crippen LogP contribution in [0.1, 0.15) is 5.76 Å². The lowest BCUT2D eigenvalue weighted by atomic mass is 10.2. The fourth-order valence-corrected chi connectivity index (χ4v) is 1.56. The predicted octanol–water partition coefficient (Wildman–Crippen LogP) is 2.75. The number of hydrogen-bond acceptors (Lipinski definition) is 4. The van der Waals surface area contributed by atoms with E-state index in [0.717, 1.165) is 11.3 Å². The number of hydroxylamine groups is 1. The lowest BCUT2D eigenvalue weighted by Crippen LogP contribution is -2.16. The number of halogens is 1. The van der Waals surface area contributed by atoms with Crippen molar-refractivity contribution in [1.29, 1.82) is 0 Å². The molecule has 1 aromatic heterocycles. The number of ether oxygens (including phenoxy) is 1. The number of nitrogens with one attached hydrogen (secondary N) is 1. The van der Waals surface area contributed by atoms with E-state index in [2.05, 4.69) is 5.48 Å². The van der Waals surface area contributed by atoms with Gasteiger partial charge in [0.05, 0.1) is 19.8 Å². The van der Waals surface area contributed by atoms with E-state index >= 15 is 0 Å². The number of benzene rings is 1. The molecule has 0 aliphatic heterocycles. The standard InChI is InChI=1S/C14H16FNO3/c1-17-8-9-18-16-10-13-6-7-14(19-13)11-2-4-12(15)5-3-11/h2-7,16H,8-10H2,1H3. The number of hydrogen-bond donors (Lipinski definition) is 1. The summed E-state index contributed by atoms with van der Waals surface area (Å²) in [6.07, 6.45) is 0. The van der Waals surface area contributed by atoms with Gasteiger partial charge < -0.3 is 9.15 Å². The average Bonchev–Trinajstić information content (AvgIpc) is 2.88. The maximum Gasteiger partial charge on any atom is 0.134 e. The third-order valence-corrected chi connectivity index (χ3v) is 2.53. The molecule has 0 fully saturated rings. The van der Waals surface area contributed by atoms with E-state index < -0.39 is 0 Å². The number of furan rings is 1. The predicted molar refractivity (Wildman–Crippen MR) is 68.8 cm³/mol. The van der Waals surface area contributed by atoms with Crippen LogP contribution in [0, 0.1) is 5.82 Å². The summed E-state index contributed by atoms with van der Waals surface area (Å²) in [5.41, 5.74) is 3.62. The van der Waals surface area contributed by atoms with E-state index in [-0.39, 0.29) is 5.82 Å². The molecule has 2 rings (SSSR count). The molecule has 0 unspecified atom stereocenters. The Balaban J connectivity index is 1.86. The van der Waals surface area contributed by atoms with E-state index in [4.69, 9.17) is 14.0 Å². The molecule has 19 heavy (non-hydrogen) atoms. The highest BCUT2D eigenvalue weighted by Crippen LogP contribution is 2.22. The topological polar surface area (TPSA) is 43.6 Å². The maximum atomic E-state index is 12.8. The van der Waals surface area contributed by atoms with Gasteiger partial charge in [-0.3, -0.25) is 4.84 Å². The Morgan fingerprint density at radius 3 is 2.63 bits per heavy atom. The number of rotatable bonds is 7. The van der Waals surface area contributed by atoms with E-state index in [1.807, 2.05) is 12.1 Å². The fraction of sp³-hybridized carbons (Fsp3) is 0.286. The summed E-state index contributed by atoms with van der Waals surface area (Å²) in [5.74, 6) is 1.19. The van der Waals surface area contributed by atoms with Crippen LogP contribution in [0.5, 0.6) is 0 Å². The first-order chi connectivity index (χ1) is 9.29. The molecule has 0 aliphatic rings. The van der Waals surface area contributed by atoms with Crippen molar-refractivity contribution < 1.29 is 18.4 Å². The van der Waals surface area contributed by atoms with Gasteiger partial charge in [0.15, 0.2) is 0 Å². The molecule has 102 valence electrons. The molecule has 5 heteroatoms. The van der Waals surface area contributed by atoms with Crippen LogP contribution in [0.2, 0.25) is 0 Å². The molecule has 0 radical (unpaired) electrons. The molecule has 4 nitrogen and oxygen atoms in total. The zero-order valence-corrected chi connectivity index (χ0v) is 10.7. The molecule has 0 atom stereocenters. The van der Waals surface area contributed by atoms with Crippen molar-refractivity contribution >= 4 is 0 Å². The van der Waals surface area contributed by atoms with Gasteiger partial charge in [-0.05, 0) is 36.4 Å². The van der Waals surface area contributed by atoms with Crippen LogP contribution in [0.15, 0.2) is 40.8 Å². The van der Waals surface area contributed by atoms with Crippen LogP contribution in [-0.2, 0) is 16.1 Å². The lowest BCUT2D eigenvalue weighted by molar-refractivity contribution is 0.00111. The van der Waals surface area contributed by atoms with Gasteiger partial charge in [-0.25, -0.2) is 4.39 Å². The van der Waals surface area contributed by atoms with Crippen molar-refractivity contribution in [2.75, 3.05) is 20.3 Å². The van der Waals surface area contributed by atoms with Crippen molar-refractivity contribution in [3.63, 3.8) is 0 Å². The summed E-state index contributed by atoms with van der Waals surface area (Å²) in [7, 11) is 1.62. The Morgan fingerprint density at radius 2 is 1.89 bits per heavy atom. The highest BCUT2D eigenvalue weighted by molar-refractivity contribution is 5.57. The molecule has 0 aliphatic carbocycles. The van der Waals surface area contributed by atoms with Gasteiger partial charge in [-0.1, -0.05) is 0 Å². The van der Waals surface area contributed by atoms with Gasteiger partial charge in [0.25, 0.3) is 0 Å². The van der Waals surface area contributed by atoms with Crippen LogP contribution >= 0.6 is 0 Å². The molecular formula is C14H16FNO3. The monoisotopic (exact) mass is 265 g/mol. The molecule has 1 heterocycles. The summed E-state index contributed by atoms with van der Waals surface area (Å²) in [6, 6.07) is 9.87. The van der Waals surface area contributed by atoms with Crippen molar-refractivity contribution in [3.8, 4) is 11.3 Å². The molecular weight excluding hydrogens is 249 g/mol. The second-order valence-electron chi connectivity index (χ2n) is 3.94. The fourth-order valence-electron chi connectivity index (χ4n) is 1.56. The minimum absolute atomic E-state index is 0.260. The van der Waals surface area contributed by atoms with Crippen LogP contribution < -0.4 is 5.48 Å². The lowest BCUT2D eigenvalue weighted by Gasteiger charge is -2.03. The molecule has 0 amide bonds. The molecule has 0 spiro atoms. The summed E-state index contributed by atoms with van der Waals surface area (Å²) < 4.78 is 23.3. The van der Waals surface area contributed by atoms with Crippen LogP contribution in [0.25, 0.3) is 11.3 Å². The molecule has 0 bridgehead atoms. The Labute approximate surface area is 111 Å². The molecule has 1 aromatic carbocycles. The van der Waals surface area contributed by atoms with Crippen LogP contribution in [0.3, 0.4) is 0 Å². The maximum absolute atomic E-state index is 12.8. The molecule has 2 aromatic rings. The first-order valence-electron chi connectivity index (χ1n) is 5.98. The van der Waals surface area contributed by atoms with Crippen molar-refractivity contribution in [2.45, 2.75) is 6.54 Å². The van der Waals surface area contributed by atoms with Gasteiger partial charge in [0.2, 0.25) is 0 Å². The molecule has 0 saturated carbocycles. The largest absolute Gasteiger partial charge is 0.460 e. The Hall–Kier alpha value is -1.69. The minimum atomic E-state index is -0.260. The SMILES string of the molecule is COCCONCc1ccc(-c2ccc(F)cc2)o1. The van der Waals surface area contributed by atoms with Gasteiger partial charge in [-0.15, -0.1) is 0 Å². The van der Waals surface area contributed by atoms with Crippen molar-refractivity contribution in [1.82, 2.24) is 5.48 Å². The second kappa shape index (κ2) is 7.04. The smallest absolute Gasteiger partial charge is 0.134 e. The average molecular weight is 265 g/mol. The summed E-state index contributed by atoms with van der Waals surface area (Å²) >= 11 is 0. The van der Waals surface area contributed by atoms with Gasteiger partial charge in [0, 0.05) is 12.7 Å². The minimum Gasteiger partial charge on any atom is -0.460 e. The normalized spacial score (nSPS) is 10.8. The zero-order chi connectivity index (χ0) is 13.5. The van der Waals surface area contributed by atoms with Gasteiger partial charge in [0.1, 0.15) is 17.3 Å². The van der Waals surface area contributed by atoms with Crippen LogP contribution in [0.4, 0.5) is 4.39 Å². The first kappa shape index (κ1) is 13.7. The Kier molecular flexibility index (Phi) is 5.09. The van der Waals surface area contributed by atoms with E-state index in [0.29, 0.717) is 25.5 Å². The van der Waals surface area contributed by atoms with Gasteiger partial charge >= 0.3 is 0 Å². The Morgan fingerprint density at radius 1 is 1.11 bits per heavy atom. The Bertz CT molecular complexity index is 496. The molecule has 0 saturated heterocycles. The summed E-state index contributed by atoms with van der Waals surface area (Å²) in [5, 5.41) is 0. The quantitative estimate of drug-likeness (QED) is 0.617. The van der Waals surface area contributed by atoms with Crippen molar-refractivity contribution in [2.24, 2.45) is 0 Å². The summed E-state index contributed by atoms with van der Waals surface area (Å²) in [6.45, 7) is 1.47. The van der Waals surface area contributed by atoms with Crippen molar-refractivity contribution in [3.05, 3.63) is 48.0 Å². The first-order valence-corrected chi connectivity index (χ1v) is 5.98. The highest BCUT2D eigenvalue weighted by atomic mass is 19.1. The third kappa shape index (κ3) is 4.17. The summed E-state index contributed by atoms with van der Waals surface area (Å²) in [4.78, 5) is 5.12. The molecule has 1 N–H and O–H groups in total. The highest BCUT2D eigenvalue weighted by Gasteiger charge is 2.04. The van der Waals surface area contributed by atoms with E-state index in [1.165, 1.54) is 12.1 Å². The number of methoxy groups -OCH3 is 1. The van der Waals surface area contributed by atoms with E-state index in [1.54, 1.807) is 19.2 Å². The van der Waals surface area contributed by atoms with E-state index in [9.17, 15) is 4.39 Å². The second-order valence-corrected chi connectivity index (χ2v) is 3.94. The zero-order valence-electron chi connectivity index (χ0n) is 10.7. The van der Waals surface area contributed by atoms with Gasteiger partial charge in [-0.2, -0.15) is 5.48 Å². The van der Waals surface area contributed by atoms with Crippen LogP contribution in [-0.4, -0.2) is 20.3 Å².